The second kappa shape index (κ2) is 6.55. The lowest BCUT2D eigenvalue weighted by molar-refractivity contribution is -0.0192. The molecule has 2 fully saturated rings. The van der Waals surface area contributed by atoms with Crippen molar-refractivity contribution in [2.45, 2.75) is 83.6 Å². The molecule has 0 bridgehead atoms. The number of hydrogen-bond donors (Lipinski definition) is 1. The Bertz CT molecular complexity index is 284. The average Bonchev–Trinajstić information content (AvgIpc) is 2.80. The first-order valence-electron chi connectivity index (χ1n) is 8.21. The molecule has 2 aliphatic heterocycles. The first kappa shape index (κ1) is 15.3. The van der Waals surface area contributed by atoms with Crippen molar-refractivity contribution < 1.29 is 4.74 Å². The lowest BCUT2D eigenvalue weighted by atomic mass is 9.90. The van der Waals surface area contributed by atoms with Gasteiger partial charge < -0.3 is 10.1 Å². The summed E-state index contributed by atoms with van der Waals surface area (Å²) in [6.45, 7) is 12.6. The van der Waals surface area contributed by atoms with E-state index in [1.54, 1.807) is 0 Å². The second-order valence-electron chi connectivity index (χ2n) is 6.77. The predicted octanol–water partition coefficient (Wildman–Crippen LogP) is 2.80. The van der Waals surface area contributed by atoms with E-state index in [9.17, 15) is 0 Å². The quantitative estimate of drug-likeness (QED) is 0.830. The zero-order valence-corrected chi connectivity index (χ0v) is 13.2. The maximum absolute atomic E-state index is 6.03. The molecule has 4 atom stereocenters. The summed E-state index contributed by atoms with van der Waals surface area (Å²) >= 11 is 0. The molecule has 0 radical (unpaired) electrons. The summed E-state index contributed by atoms with van der Waals surface area (Å²) in [6.07, 6.45) is 7.17. The molecule has 2 aliphatic rings. The fourth-order valence-electron chi connectivity index (χ4n) is 3.48. The summed E-state index contributed by atoms with van der Waals surface area (Å²) in [6, 6.07) is 0.670. The fraction of sp³-hybridized carbons (Fsp3) is 1.00. The van der Waals surface area contributed by atoms with Gasteiger partial charge in [-0.2, -0.15) is 0 Å². The maximum atomic E-state index is 6.03. The molecule has 0 spiro atoms. The van der Waals surface area contributed by atoms with Gasteiger partial charge in [-0.3, -0.25) is 4.90 Å². The Morgan fingerprint density at radius 3 is 2.68 bits per heavy atom. The average molecular weight is 268 g/mol. The largest absolute Gasteiger partial charge is 0.374 e. The van der Waals surface area contributed by atoms with Crippen LogP contribution >= 0.6 is 0 Å². The smallest absolute Gasteiger partial charge is 0.0706 e. The third kappa shape index (κ3) is 3.71. The number of rotatable bonds is 5. The van der Waals surface area contributed by atoms with E-state index in [4.69, 9.17) is 4.74 Å². The van der Waals surface area contributed by atoms with E-state index in [-0.39, 0.29) is 0 Å². The van der Waals surface area contributed by atoms with Crippen LogP contribution < -0.4 is 5.32 Å². The lowest BCUT2D eigenvalue weighted by Crippen LogP contribution is -2.64. The van der Waals surface area contributed by atoms with Crippen LogP contribution in [0.5, 0.6) is 0 Å². The van der Waals surface area contributed by atoms with Crippen molar-refractivity contribution in [2.75, 3.05) is 19.6 Å². The summed E-state index contributed by atoms with van der Waals surface area (Å²) in [4.78, 5) is 2.70. The Morgan fingerprint density at radius 2 is 2.11 bits per heavy atom. The van der Waals surface area contributed by atoms with E-state index in [1.165, 1.54) is 38.6 Å². The molecule has 0 amide bonds. The van der Waals surface area contributed by atoms with E-state index in [2.05, 4.69) is 37.9 Å². The van der Waals surface area contributed by atoms with E-state index >= 15 is 0 Å². The zero-order valence-electron chi connectivity index (χ0n) is 13.2. The molecular weight excluding hydrogens is 236 g/mol. The number of hydrogen-bond acceptors (Lipinski definition) is 3. The normalized spacial score (nSPS) is 40.7. The molecule has 2 saturated heterocycles. The van der Waals surface area contributed by atoms with E-state index < -0.39 is 0 Å². The van der Waals surface area contributed by atoms with Crippen molar-refractivity contribution in [3.8, 4) is 0 Å². The Kier molecular flexibility index (Phi) is 5.27. The van der Waals surface area contributed by atoms with Crippen molar-refractivity contribution in [1.29, 1.82) is 0 Å². The molecule has 0 aromatic rings. The molecule has 2 heterocycles. The molecule has 112 valence electrons. The van der Waals surface area contributed by atoms with E-state index in [0.29, 0.717) is 23.8 Å². The summed E-state index contributed by atoms with van der Waals surface area (Å²) in [5.74, 6) is 0. The minimum absolute atomic E-state index is 0.305. The Labute approximate surface area is 119 Å². The van der Waals surface area contributed by atoms with Gasteiger partial charge in [0.2, 0.25) is 0 Å². The molecule has 3 nitrogen and oxygen atoms in total. The molecule has 1 N–H and O–H groups in total. The van der Waals surface area contributed by atoms with Crippen LogP contribution in [-0.4, -0.2) is 48.3 Å². The number of piperazine rings is 1. The van der Waals surface area contributed by atoms with Gasteiger partial charge in [0.05, 0.1) is 12.2 Å². The third-order valence-electron chi connectivity index (χ3n) is 5.12. The minimum atomic E-state index is 0.305. The molecule has 0 aromatic heterocycles. The highest BCUT2D eigenvalue weighted by Crippen LogP contribution is 2.27. The van der Waals surface area contributed by atoms with Gasteiger partial charge in [-0.05, 0) is 39.5 Å². The van der Waals surface area contributed by atoms with Gasteiger partial charge in [-0.25, -0.2) is 0 Å². The first-order chi connectivity index (χ1) is 9.07. The monoisotopic (exact) mass is 268 g/mol. The number of nitrogens with one attached hydrogen (secondary N) is 1. The predicted molar refractivity (Wildman–Crippen MR) is 80.5 cm³/mol. The van der Waals surface area contributed by atoms with Crippen molar-refractivity contribution in [3.63, 3.8) is 0 Å². The highest BCUT2D eigenvalue weighted by Gasteiger charge is 2.38. The van der Waals surface area contributed by atoms with Gasteiger partial charge in [0.1, 0.15) is 0 Å². The summed E-state index contributed by atoms with van der Waals surface area (Å²) < 4.78 is 6.03. The molecule has 4 unspecified atom stereocenters. The summed E-state index contributed by atoms with van der Waals surface area (Å²) in [7, 11) is 0. The van der Waals surface area contributed by atoms with Crippen molar-refractivity contribution in [3.05, 3.63) is 0 Å². The molecule has 0 aliphatic carbocycles. The van der Waals surface area contributed by atoms with E-state index in [1.807, 2.05) is 0 Å². The zero-order chi connectivity index (χ0) is 13.9. The van der Waals surface area contributed by atoms with Crippen LogP contribution in [0, 0.1) is 0 Å². The summed E-state index contributed by atoms with van der Waals surface area (Å²) in [5.41, 5.74) is 0.305. The molecule has 2 rings (SSSR count). The van der Waals surface area contributed by atoms with Gasteiger partial charge in [-0.1, -0.05) is 20.3 Å². The highest BCUT2D eigenvalue weighted by atomic mass is 16.5. The van der Waals surface area contributed by atoms with E-state index in [0.717, 1.165) is 13.1 Å². The fourth-order valence-corrected chi connectivity index (χ4v) is 3.48. The van der Waals surface area contributed by atoms with Crippen molar-refractivity contribution >= 4 is 0 Å². The van der Waals surface area contributed by atoms with Gasteiger partial charge in [0, 0.05) is 31.2 Å². The van der Waals surface area contributed by atoms with Gasteiger partial charge >= 0.3 is 0 Å². The van der Waals surface area contributed by atoms with Crippen LogP contribution in [0.25, 0.3) is 0 Å². The third-order valence-corrected chi connectivity index (χ3v) is 5.12. The van der Waals surface area contributed by atoms with Crippen LogP contribution in [0.3, 0.4) is 0 Å². The number of ether oxygens (including phenoxy) is 1. The van der Waals surface area contributed by atoms with Crippen molar-refractivity contribution in [1.82, 2.24) is 10.2 Å². The number of nitrogens with zero attached hydrogens (tertiary/aromatic N) is 1. The Balaban J connectivity index is 1.95. The molecule has 19 heavy (non-hydrogen) atoms. The van der Waals surface area contributed by atoms with Gasteiger partial charge in [0.25, 0.3) is 0 Å². The van der Waals surface area contributed by atoms with Crippen LogP contribution in [0.15, 0.2) is 0 Å². The Hall–Kier alpha value is -0.120. The van der Waals surface area contributed by atoms with Gasteiger partial charge in [0.15, 0.2) is 0 Å². The topological polar surface area (TPSA) is 24.5 Å². The lowest BCUT2D eigenvalue weighted by Gasteiger charge is -2.48. The second-order valence-corrected chi connectivity index (χ2v) is 6.77. The maximum Gasteiger partial charge on any atom is 0.0706 e. The molecule has 0 aromatic carbocycles. The van der Waals surface area contributed by atoms with Crippen LogP contribution in [0.1, 0.15) is 59.8 Å². The highest BCUT2D eigenvalue weighted by molar-refractivity contribution is 4.96. The minimum Gasteiger partial charge on any atom is -0.374 e. The first-order valence-corrected chi connectivity index (χ1v) is 8.21. The Morgan fingerprint density at radius 1 is 1.32 bits per heavy atom. The molecular formula is C16H32N2O. The standard InChI is InChI=1S/C16H32N2O/c1-5-7-14-10-18(16(4,6-2)12-17-14)11-15-9-8-13(3)19-15/h13-15,17H,5-12H2,1-4H3. The molecule has 3 heteroatoms. The van der Waals surface area contributed by atoms with Gasteiger partial charge in [-0.15, -0.1) is 0 Å². The van der Waals surface area contributed by atoms with Crippen LogP contribution in [0.4, 0.5) is 0 Å². The van der Waals surface area contributed by atoms with Crippen LogP contribution in [0.2, 0.25) is 0 Å². The molecule has 0 saturated carbocycles. The van der Waals surface area contributed by atoms with Crippen LogP contribution in [-0.2, 0) is 4.74 Å². The SMILES string of the molecule is CCCC1CN(CC2CCC(C)O2)C(C)(CC)CN1. The summed E-state index contributed by atoms with van der Waals surface area (Å²) in [5, 5.41) is 3.74. The van der Waals surface area contributed by atoms with Crippen molar-refractivity contribution in [2.24, 2.45) is 0 Å².